The molecule has 1 fully saturated rings. The molecule has 1 aliphatic rings. The van der Waals surface area contributed by atoms with E-state index < -0.39 is 18.0 Å². The number of aromatic nitrogens is 1. The second kappa shape index (κ2) is 9.52. The van der Waals surface area contributed by atoms with Gasteiger partial charge >= 0.3 is 0 Å². The maximum Gasteiger partial charge on any atom is 0.243 e. The first-order valence-electron chi connectivity index (χ1n) is 10.3. The van der Waals surface area contributed by atoms with Gasteiger partial charge in [0.05, 0.1) is 24.0 Å². The summed E-state index contributed by atoms with van der Waals surface area (Å²) in [5.41, 5.74) is 2.99. The summed E-state index contributed by atoms with van der Waals surface area (Å²) in [6.45, 7) is 5.31. The third-order valence-electron chi connectivity index (χ3n) is 5.03. The first kappa shape index (κ1) is 21.5. The molecule has 2 unspecified atom stereocenters. The normalized spacial score (nSPS) is 14.7. The molecule has 0 radical (unpaired) electrons. The Labute approximate surface area is 176 Å². The lowest BCUT2D eigenvalue weighted by Gasteiger charge is -2.25. The highest BCUT2D eigenvalue weighted by Gasteiger charge is 2.28. The van der Waals surface area contributed by atoms with Crippen LogP contribution in [0.4, 0.5) is 0 Å². The Morgan fingerprint density at radius 3 is 2.50 bits per heavy atom. The van der Waals surface area contributed by atoms with E-state index >= 15 is 0 Å². The molecule has 2 atom stereocenters. The summed E-state index contributed by atoms with van der Waals surface area (Å²) in [7, 11) is 0. The van der Waals surface area contributed by atoms with E-state index in [1.165, 1.54) is 5.57 Å². The van der Waals surface area contributed by atoms with Gasteiger partial charge < -0.3 is 20.7 Å². The largest absolute Gasteiger partial charge is 0.372 e. The molecule has 1 aromatic carbocycles. The average Bonchev–Trinajstić information content (AvgIpc) is 3.57. The van der Waals surface area contributed by atoms with Crippen molar-refractivity contribution in [2.75, 3.05) is 6.54 Å². The number of carbonyl (C=O) groups excluding carboxylic acids is 3. The van der Waals surface area contributed by atoms with Crippen LogP contribution in [0.15, 0.2) is 42.1 Å². The van der Waals surface area contributed by atoms with E-state index in [0.717, 1.165) is 35.0 Å². The van der Waals surface area contributed by atoms with Crippen molar-refractivity contribution in [2.24, 2.45) is 5.92 Å². The molecule has 0 saturated heterocycles. The Balaban J connectivity index is 1.78. The number of nitrogens with one attached hydrogen (secondary N) is 3. The van der Waals surface area contributed by atoms with E-state index in [9.17, 15) is 14.4 Å². The summed E-state index contributed by atoms with van der Waals surface area (Å²) in [5.74, 6) is -0.675. The second-order valence-electron chi connectivity index (χ2n) is 7.94. The van der Waals surface area contributed by atoms with E-state index in [-0.39, 0.29) is 18.4 Å². The third kappa shape index (κ3) is 5.23. The number of hydrogen-bond donors (Lipinski definition) is 3. The molecule has 1 heterocycles. The van der Waals surface area contributed by atoms with Crippen molar-refractivity contribution in [3.05, 3.63) is 47.8 Å². The van der Waals surface area contributed by atoms with Gasteiger partial charge in [-0.2, -0.15) is 0 Å². The summed E-state index contributed by atoms with van der Waals surface area (Å²) < 4.78 is 0. The van der Waals surface area contributed by atoms with Crippen molar-refractivity contribution in [1.82, 2.24) is 20.9 Å². The molecular formula is C23H28N4O3. The Hall–Kier alpha value is -3.22. The molecule has 3 N–H and O–H groups in total. The molecule has 7 heteroatoms. The summed E-state index contributed by atoms with van der Waals surface area (Å²) >= 11 is 0. The number of rotatable bonds is 9. The number of carbonyl (C=O) groups is 3. The molecule has 1 aromatic heterocycles. The van der Waals surface area contributed by atoms with Gasteiger partial charge in [0.15, 0.2) is 0 Å². The molecule has 2 aromatic rings. The first-order valence-corrected chi connectivity index (χ1v) is 10.3. The van der Waals surface area contributed by atoms with Gasteiger partial charge in [0.25, 0.3) is 0 Å². The van der Waals surface area contributed by atoms with Crippen LogP contribution in [0.25, 0.3) is 16.5 Å². The number of amides is 2. The van der Waals surface area contributed by atoms with Gasteiger partial charge in [0.1, 0.15) is 12.3 Å². The van der Waals surface area contributed by atoms with Crippen LogP contribution in [0.3, 0.4) is 0 Å². The number of aldehydes is 1. The Bertz CT molecular complexity index is 972. The second-order valence-corrected chi connectivity index (χ2v) is 7.94. The molecular weight excluding hydrogens is 380 g/mol. The first-order chi connectivity index (χ1) is 14.4. The van der Waals surface area contributed by atoms with E-state index in [0.29, 0.717) is 6.29 Å². The summed E-state index contributed by atoms with van der Waals surface area (Å²) in [5, 5.41) is 10.7. The van der Waals surface area contributed by atoms with Crippen LogP contribution in [0.5, 0.6) is 0 Å². The summed E-state index contributed by atoms with van der Waals surface area (Å²) in [4.78, 5) is 40.0. The van der Waals surface area contributed by atoms with Crippen LogP contribution < -0.4 is 16.0 Å². The predicted molar refractivity (Wildman–Crippen MR) is 116 cm³/mol. The van der Waals surface area contributed by atoms with E-state index in [4.69, 9.17) is 0 Å². The van der Waals surface area contributed by atoms with Crippen LogP contribution in [0.1, 0.15) is 39.3 Å². The maximum atomic E-state index is 12.9. The Morgan fingerprint density at radius 1 is 1.10 bits per heavy atom. The number of fused-ring (bicyclic) bond motifs is 1. The SMILES string of the molecule is CC(C=O)NC(=O)CNC(=O)C(NC(=C1CC1)c1nccc2ccccc12)C(C)C. The molecule has 0 aliphatic heterocycles. The third-order valence-corrected chi connectivity index (χ3v) is 5.03. The molecule has 2 amide bonds. The zero-order valence-electron chi connectivity index (χ0n) is 17.6. The van der Waals surface area contributed by atoms with Crippen LogP contribution in [0.2, 0.25) is 0 Å². The lowest BCUT2D eigenvalue weighted by atomic mass is 10.0. The van der Waals surface area contributed by atoms with Gasteiger partial charge in [0, 0.05) is 11.6 Å². The molecule has 7 nitrogen and oxygen atoms in total. The molecule has 1 saturated carbocycles. The van der Waals surface area contributed by atoms with E-state index in [2.05, 4.69) is 20.9 Å². The van der Waals surface area contributed by atoms with Crippen molar-refractivity contribution >= 4 is 34.6 Å². The van der Waals surface area contributed by atoms with Gasteiger partial charge in [-0.05, 0) is 42.7 Å². The lowest BCUT2D eigenvalue weighted by Crippen LogP contribution is -2.50. The quantitative estimate of drug-likeness (QED) is 0.552. The zero-order valence-corrected chi connectivity index (χ0v) is 17.6. The number of allylic oxidation sites excluding steroid dienone is 1. The smallest absolute Gasteiger partial charge is 0.243 e. The number of hydrogen-bond acceptors (Lipinski definition) is 5. The fourth-order valence-electron chi connectivity index (χ4n) is 3.28. The minimum absolute atomic E-state index is 0.00807. The summed E-state index contributed by atoms with van der Waals surface area (Å²) in [6, 6.07) is 8.91. The van der Waals surface area contributed by atoms with Crippen LogP contribution in [0, 0.1) is 5.92 Å². The Morgan fingerprint density at radius 2 is 1.83 bits per heavy atom. The van der Waals surface area contributed by atoms with Gasteiger partial charge in [-0.25, -0.2) is 0 Å². The highest BCUT2D eigenvalue weighted by atomic mass is 16.2. The zero-order chi connectivity index (χ0) is 21.7. The van der Waals surface area contributed by atoms with Gasteiger partial charge in [-0.1, -0.05) is 38.1 Å². The minimum atomic E-state index is -0.586. The van der Waals surface area contributed by atoms with Crippen molar-refractivity contribution in [2.45, 2.75) is 45.7 Å². The fraction of sp³-hybridized carbons (Fsp3) is 0.391. The highest BCUT2D eigenvalue weighted by Crippen LogP contribution is 2.37. The van der Waals surface area contributed by atoms with E-state index in [1.54, 1.807) is 13.1 Å². The average molecular weight is 409 g/mol. The van der Waals surface area contributed by atoms with Crippen LogP contribution >= 0.6 is 0 Å². The number of benzene rings is 1. The number of nitrogens with zero attached hydrogens (tertiary/aromatic N) is 1. The van der Waals surface area contributed by atoms with Gasteiger partial charge in [-0.3, -0.25) is 14.6 Å². The Kier molecular flexibility index (Phi) is 6.82. The monoisotopic (exact) mass is 408 g/mol. The fourth-order valence-corrected chi connectivity index (χ4v) is 3.28. The van der Waals surface area contributed by atoms with Crippen molar-refractivity contribution < 1.29 is 14.4 Å². The van der Waals surface area contributed by atoms with Crippen molar-refractivity contribution in [1.29, 1.82) is 0 Å². The predicted octanol–water partition coefficient (Wildman–Crippen LogP) is 2.17. The minimum Gasteiger partial charge on any atom is -0.372 e. The highest BCUT2D eigenvalue weighted by molar-refractivity contribution is 5.94. The van der Waals surface area contributed by atoms with Gasteiger partial charge in [0.2, 0.25) is 11.8 Å². The molecule has 0 spiro atoms. The summed E-state index contributed by atoms with van der Waals surface area (Å²) in [6.07, 6.45) is 4.38. The van der Waals surface area contributed by atoms with Crippen molar-refractivity contribution in [3.8, 4) is 0 Å². The van der Waals surface area contributed by atoms with E-state index in [1.807, 2.05) is 44.2 Å². The lowest BCUT2D eigenvalue weighted by molar-refractivity contribution is -0.128. The van der Waals surface area contributed by atoms with Crippen LogP contribution in [-0.2, 0) is 14.4 Å². The molecule has 158 valence electrons. The number of pyridine rings is 1. The molecule has 0 bridgehead atoms. The molecule has 1 aliphatic carbocycles. The topological polar surface area (TPSA) is 100 Å². The molecule has 30 heavy (non-hydrogen) atoms. The molecule has 3 rings (SSSR count). The maximum absolute atomic E-state index is 12.9. The van der Waals surface area contributed by atoms with Gasteiger partial charge in [-0.15, -0.1) is 0 Å². The van der Waals surface area contributed by atoms with Crippen molar-refractivity contribution in [3.63, 3.8) is 0 Å². The van der Waals surface area contributed by atoms with Crippen LogP contribution in [-0.4, -0.2) is 41.7 Å². The standard InChI is InChI=1S/C23H28N4O3/c1-14(2)20(23(30)25-12-19(29)26-15(3)13-28)27-21(17-8-9-17)22-18-7-5-4-6-16(18)10-11-24-22/h4-7,10-11,13-15,20,27H,8-9,12H2,1-3H3,(H,25,30)(H,26,29).